The lowest BCUT2D eigenvalue weighted by Gasteiger charge is -2.21. The molecule has 0 amide bonds. The summed E-state index contributed by atoms with van der Waals surface area (Å²) in [6.45, 7) is 6.21. The van der Waals surface area contributed by atoms with E-state index in [9.17, 15) is 10.5 Å². The van der Waals surface area contributed by atoms with Crippen molar-refractivity contribution in [2.75, 3.05) is 5.01 Å². The molecule has 3 aromatic rings. The number of anilines is 1. The minimum atomic E-state index is -0.707. The van der Waals surface area contributed by atoms with Crippen molar-refractivity contribution in [3.63, 3.8) is 0 Å². The van der Waals surface area contributed by atoms with Gasteiger partial charge in [0.1, 0.15) is 18.2 Å². The molecule has 1 aromatic heterocycles. The molecule has 0 spiro atoms. The van der Waals surface area contributed by atoms with Crippen molar-refractivity contribution in [2.24, 2.45) is 16.8 Å². The van der Waals surface area contributed by atoms with E-state index >= 15 is 0 Å². The summed E-state index contributed by atoms with van der Waals surface area (Å²) >= 11 is 0. The minimum absolute atomic E-state index is 0.344. The number of para-hydroxylation sites is 1. The number of hydrazone groups is 1. The van der Waals surface area contributed by atoms with Gasteiger partial charge in [-0.05, 0) is 67.8 Å². The molecule has 33 heavy (non-hydrogen) atoms. The zero-order valence-corrected chi connectivity index (χ0v) is 19.0. The Morgan fingerprint density at radius 1 is 1.06 bits per heavy atom. The third-order valence-corrected chi connectivity index (χ3v) is 6.06. The van der Waals surface area contributed by atoms with Crippen LogP contribution in [-0.2, 0) is 6.42 Å². The van der Waals surface area contributed by atoms with Gasteiger partial charge in [0, 0.05) is 17.1 Å². The SMILES string of the molecule is CCc1ccc(-n2c(C)cc(/C=C(/C#N)C3=NN(c4ccccc4)[C@@H](N)[C@@H]3C#N)c2C)cc1. The Morgan fingerprint density at radius 2 is 1.76 bits per heavy atom. The van der Waals surface area contributed by atoms with Gasteiger partial charge in [-0.15, -0.1) is 0 Å². The molecule has 1 aliphatic rings. The molecule has 2 atom stereocenters. The first kappa shape index (κ1) is 22.1. The van der Waals surface area contributed by atoms with Gasteiger partial charge < -0.3 is 10.3 Å². The fourth-order valence-corrected chi connectivity index (χ4v) is 4.25. The van der Waals surface area contributed by atoms with Crippen LogP contribution in [0.4, 0.5) is 5.69 Å². The van der Waals surface area contributed by atoms with Gasteiger partial charge in [-0.1, -0.05) is 37.3 Å². The van der Waals surface area contributed by atoms with Crippen molar-refractivity contribution in [3.8, 4) is 17.8 Å². The molecule has 2 aromatic carbocycles. The fraction of sp³-hybridized carbons (Fsp3) is 0.222. The van der Waals surface area contributed by atoms with E-state index in [1.165, 1.54) is 5.56 Å². The molecule has 0 fully saturated rings. The van der Waals surface area contributed by atoms with E-state index < -0.39 is 12.1 Å². The van der Waals surface area contributed by atoms with Crippen molar-refractivity contribution in [1.29, 1.82) is 10.5 Å². The second-order valence-corrected chi connectivity index (χ2v) is 8.11. The molecule has 164 valence electrons. The maximum Gasteiger partial charge on any atom is 0.127 e. The molecular formula is C27H26N6. The quantitative estimate of drug-likeness (QED) is 0.580. The molecule has 2 heterocycles. The lowest BCUT2D eigenvalue weighted by atomic mass is 9.95. The van der Waals surface area contributed by atoms with Gasteiger partial charge in [-0.2, -0.15) is 15.6 Å². The van der Waals surface area contributed by atoms with Gasteiger partial charge in [0.25, 0.3) is 0 Å². The molecule has 0 radical (unpaired) electrons. The van der Waals surface area contributed by atoms with E-state index in [-0.39, 0.29) is 0 Å². The molecule has 6 heteroatoms. The van der Waals surface area contributed by atoms with Gasteiger partial charge in [-0.3, -0.25) is 0 Å². The van der Waals surface area contributed by atoms with Gasteiger partial charge in [0.2, 0.25) is 0 Å². The average Bonchev–Trinajstić information content (AvgIpc) is 3.32. The van der Waals surface area contributed by atoms with Crippen LogP contribution >= 0.6 is 0 Å². The number of nitrogens with zero attached hydrogens (tertiary/aromatic N) is 5. The molecule has 0 unspecified atom stereocenters. The molecular weight excluding hydrogens is 408 g/mol. The number of allylic oxidation sites excluding steroid dienone is 1. The normalized spacial score (nSPS) is 18.1. The molecule has 4 rings (SSSR count). The number of aromatic nitrogens is 1. The molecule has 0 aliphatic carbocycles. The van der Waals surface area contributed by atoms with Gasteiger partial charge in [0.15, 0.2) is 0 Å². The van der Waals surface area contributed by atoms with E-state index in [4.69, 9.17) is 5.73 Å². The Hall–Kier alpha value is -4.13. The van der Waals surface area contributed by atoms with E-state index in [2.05, 4.69) is 53.0 Å². The molecule has 6 nitrogen and oxygen atoms in total. The predicted octanol–water partition coefficient (Wildman–Crippen LogP) is 4.86. The summed E-state index contributed by atoms with van der Waals surface area (Å²) in [6.07, 6.45) is 2.14. The van der Waals surface area contributed by atoms with Gasteiger partial charge >= 0.3 is 0 Å². The van der Waals surface area contributed by atoms with Crippen molar-refractivity contribution in [3.05, 3.63) is 88.8 Å². The zero-order chi connectivity index (χ0) is 23.5. The Balaban J connectivity index is 1.75. The standard InChI is InChI=1S/C27H26N6/c1-4-20-10-12-23(13-11-20)32-18(2)14-21(19(32)3)15-22(16-28)26-25(17-29)27(30)33(31-26)24-8-6-5-7-9-24/h5-15,25,27H,4,30H2,1-3H3/b22-15-/t25-,27-/m1/s1. The Morgan fingerprint density at radius 3 is 2.36 bits per heavy atom. The van der Waals surface area contributed by atoms with Crippen LogP contribution in [0.3, 0.4) is 0 Å². The maximum absolute atomic E-state index is 9.97. The van der Waals surface area contributed by atoms with Crippen molar-refractivity contribution in [1.82, 2.24) is 4.57 Å². The molecule has 0 saturated carbocycles. The van der Waals surface area contributed by atoms with Crippen molar-refractivity contribution >= 4 is 17.5 Å². The molecule has 0 bridgehead atoms. The van der Waals surface area contributed by atoms with E-state index in [0.29, 0.717) is 11.3 Å². The minimum Gasteiger partial charge on any atom is -0.318 e. The van der Waals surface area contributed by atoms with Crippen LogP contribution in [0.15, 0.2) is 71.3 Å². The van der Waals surface area contributed by atoms with Gasteiger partial charge in [-0.25, -0.2) is 5.01 Å². The lowest BCUT2D eigenvalue weighted by molar-refractivity contribution is 0.624. The largest absolute Gasteiger partial charge is 0.318 e. The van der Waals surface area contributed by atoms with Crippen LogP contribution in [0.5, 0.6) is 0 Å². The van der Waals surface area contributed by atoms with Crippen LogP contribution in [0.2, 0.25) is 0 Å². The monoisotopic (exact) mass is 434 g/mol. The highest BCUT2D eigenvalue weighted by atomic mass is 15.5. The third-order valence-electron chi connectivity index (χ3n) is 6.06. The summed E-state index contributed by atoms with van der Waals surface area (Å²) in [6, 6.07) is 24.5. The zero-order valence-electron chi connectivity index (χ0n) is 19.0. The van der Waals surface area contributed by atoms with E-state index in [1.54, 1.807) is 5.01 Å². The van der Waals surface area contributed by atoms with Crippen LogP contribution in [0, 0.1) is 42.4 Å². The maximum atomic E-state index is 9.97. The van der Waals surface area contributed by atoms with E-state index in [1.807, 2.05) is 56.3 Å². The fourth-order valence-electron chi connectivity index (χ4n) is 4.25. The number of benzene rings is 2. The first-order chi connectivity index (χ1) is 16.0. The summed E-state index contributed by atoms with van der Waals surface area (Å²) < 4.78 is 2.17. The van der Waals surface area contributed by atoms with Crippen LogP contribution in [0.25, 0.3) is 11.8 Å². The second kappa shape index (κ2) is 9.16. The average molecular weight is 435 g/mol. The van der Waals surface area contributed by atoms with Crippen molar-refractivity contribution < 1.29 is 0 Å². The highest BCUT2D eigenvalue weighted by Gasteiger charge is 2.37. The van der Waals surface area contributed by atoms with Gasteiger partial charge in [0.05, 0.1) is 23.0 Å². The first-order valence-electron chi connectivity index (χ1n) is 11.0. The molecule has 1 aliphatic heterocycles. The number of nitrogens with two attached hydrogens (primary N) is 1. The number of hydrogen-bond acceptors (Lipinski definition) is 5. The van der Waals surface area contributed by atoms with Crippen LogP contribution < -0.4 is 10.7 Å². The number of rotatable bonds is 5. The van der Waals surface area contributed by atoms with Crippen LogP contribution in [-0.4, -0.2) is 16.4 Å². The molecule has 0 saturated heterocycles. The predicted molar refractivity (Wildman–Crippen MR) is 132 cm³/mol. The Labute approximate surface area is 194 Å². The number of aryl methyl sites for hydroxylation is 2. The third kappa shape index (κ3) is 4.05. The van der Waals surface area contributed by atoms with Crippen LogP contribution in [0.1, 0.15) is 29.4 Å². The molecule has 2 N–H and O–H groups in total. The summed E-state index contributed by atoms with van der Waals surface area (Å²) in [4.78, 5) is 0. The summed E-state index contributed by atoms with van der Waals surface area (Å²) in [5.74, 6) is -0.707. The summed E-state index contributed by atoms with van der Waals surface area (Å²) in [5, 5.41) is 26.0. The summed E-state index contributed by atoms with van der Waals surface area (Å²) in [7, 11) is 0. The Kier molecular flexibility index (Phi) is 6.13. The highest BCUT2D eigenvalue weighted by molar-refractivity contribution is 6.11. The van der Waals surface area contributed by atoms with Crippen molar-refractivity contribution in [2.45, 2.75) is 33.4 Å². The number of hydrogen-bond donors (Lipinski definition) is 1. The topological polar surface area (TPSA) is 94.1 Å². The summed E-state index contributed by atoms with van der Waals surface area (Å²) in [5.41, 5.74) is 13.2. The Bertz CT molecular complexity index is 1300. The number of nitriles is 2. The smallest absolute Gasteiger partial charge is 0.127 e. The van der Waals surface area contributed by atoms with E-state index in [0.717, 1.165) is 34.7 Å². The highest BCUT2D eigenvalue weighted by Crippen LogP contribution is 2.30. The second-order valence-electron chi connectivity index (χ2n) is 8.11. The lowest BCUT2D eigenvalue weighted by Crippen LogP contribution is -2.40. The first-order valence-corrected chi connectivity index (χ1v) is 11.0.